The highest BCUT2D eigenvalue weighted by Gasteiger charge is 2.14. The van der Waals surface area contributed by atoms with Crippen LogP contribution in [0.5, 0.6) is 0 Å². The van der Waals surface area contributed by atoms with Gasteiger partial charge in [0.1, 0.15) is 0 Å². The molecule has 0 aromatic heterocycles. The summed E-state index contributed by atoms with van der Waals surface area (Å²) in [5.74, 6) is 5.99. The Morgan fingerprint density at radius 3 is 2.71 bits per heavy atom. The molecule has 0 aliphatic heterocycles. The number of benzene rings is 2. The maximum atomic E-state index is 8.50. The molecule has 0 spiro atoms. The monoisotopic (exact) mass is 217 g/mol. The van der Waals surface area contributed by atoms with Gasteiger partial charge in [0.2, 0.25) is 0 Å². The van der Waals surface area contributed by atoms with Gasteiger partial charge in [0.05, 0.1) is 12.5 Å². The Kier molecular flexibility index (Phi) is 2.32. The predicted octanol–water partition coefficient (Wildman–Crippen LogP) is 3.20. The van der Waals surface area contributed by atoms with Crippen LogP contribution in [0.2, 0.25) is 0 Å². The van der Waals surface area contributed by atoms with E-state index < -0.39 is 0 Å². The molecular formula is C16H11N. The minimum absolute atomic E-state index is 0.295. The minimum Gasteiger partial charge on any atom is -0.197 e. The first-order valence-electron chi connectivity index (χ1n) is 5.79. The molecule has 1 aliphatic rings. The quantitative estimate of drug-likeness (QED) is 0.622. The maximum absolute atomic E-state index is 8.50. The van der Waals surface area contributed by atoms with E-state index in [1.54, 1.807) is 0 Å². The molecule has 1 aliphatic carbocycles. The Balaban J connectivity index is 2.24. The van der Waals surface area contributed by atoms with E-state index in [9.17, 15) is 0 Å². The van der Waals surface area contributed by atoms with Gasteiger partial charge in [0, 0.05) is 5.56 Å². The normalized spacial score (nSPS) is 11.9. The molecule has 0 heterocycles. The van der Waals surface area contributed by atoms with Crippen LogP contribution >= 0.6 is 0 Å². The topological polar surface area (TPSA) is 23.8 Å². The highest BCUT2D eigenvalue weighted by Crippen LogP contribution is 2.32. The summed E-state index contributed by atoms with van der Waals surface area (Å²) < 4.78 is 0. The van der Waals surface area contributed by atoms with Gasteiger partial charge in [-0.3, -0.25) is 0 Å². The molecule has 0 saturated carbocycles. The zero-order valence-corrected chi connectivity index (χ0v) is 9.46. The molecular weight excluding hydrogens is 206 g/mol. The highest BCUT2D eigenvalue weighted by molar-refractivity contribution is 5.94. The van der Waals surface area contributed by atoms with E-state index in [1.807, 2.05) is 6.07 Å². The molecule has 0 N–H and O–H groups in total. The van der Waals surface area contributed by atoms with E-state index in [0.717, 1.165) is 18.4 Å². The van der Waals surface area contributed by atoms with Crippen LogP contribution in [-0.4, -0.2) is 0 Å². The van der Waals surface area contributed by atoms with Crippen molar-refractivity contribution in [2.75, 3.05) is 0 Å². The van der Waals surface area contributed by atoms with E-state index in [-0.39, 0.29) is 0 Å². The standard InChI is InChI=1S/C16H11N/c17-11-2-1-4-12-7-8-14-10-9-13-5-3-6-15(12)16(13)14/h3,5-8H,2,9-10H2. The average Bonchev–Trinajstić information content (AvgIpc) is 2.78. The van der Waals surface area contributed by atoms with Gasteiger partial charge < -0.3 is 0 Å². The summed E-state index contributed by atoms with van der Waals surface area (Å²) in [7, 11) is 0. The largest absolute Gasteiger partial charge is 0.197 e. The molecule has 0 radical (unpaired) electrons. The molecule has 80 valence electrons. The van der Waals surface area contributed by atoms with Gasteiger partial charge in [-0.1, -0.05) is 36.1 Å². The average molecular weight is 217 g/mol. The van der Waals surface area contributed by atoms with Crippen LogP contribution in [0.25, 0.3) is 10.8 Å². The van der Waals surface area contributed by atoms with Crippen LogP contribution in [-0.2, 0) is 12.8 Å². The first-order chi connectivity index (χ1) is 8.40. The number of aryl methyl sites for hydroxylation is 2. The first kappa shape index (κ1) is 9.94. The van der Waals surface area contributed by atoms with E-state index in [2.05, 4.69) is 42.2 Å². The number of nitrogens with zero attached hydrogens (tertiary/aromatic N) is 1. The number of hydrogen-bond acceptors (Lipinski definition) is 1. The Hall–Kier alpha value is -2.25. The molecule has 17 heavy (non-hydrogen) atoms. The van der Waals surface area contributed by atoms with Gasteiger partial charge in [-0.05, 0) is 40.8 Å². The Morgan fingerprint density at radius 1 is 1.06 bits per heavy atom. The third-order valence-electron chi connectivity index (χ3n) is 3.27. The lowest BCUT2D eigenvalue weighted by atomic mass is 10.0. The van der Waals surface area contributed by atoms with Gasteiger partial charge in [-0.25, -0.2) is 0 Å². The molecule has 0 atom stereocenters. The zero-order chi connectivity index (χ0) is 11.7. The molecule has 0 amide bonds. The lowest BCUT2D eigenvalue weighted by Gasteiger charge is -2.03. The molecule has 2 aromatic rings. The first-order valence-corrected chi connectivity index (χ1v) is 5.79. The van der Waals surface area contributed by atoms with E-state index in [0.29, 0.717) is 6.42 Å². The van der Waals surface area contributed by atoms with Crippen LogP contribution in [0, 0.1) is 23.2 Å². The zero-order valence-electron chi connectivity index (χ0n) is 9.46. The van der Waals surface area contributed by atoms with Crippen LogP contribution in [0.4, 0.5) is 0 Å². The number of hydrogen-bond donors (Lipinski definition) is 0. The van der Waals surface area contributed by atoms with Crippen molar-refractivity contribution in [3.63, 3.8) is 0 Å². The van der Waals surface area contributed by atoms with Crippen LogP contribution in [0.3, 0.4) is 0 Å². The molecule has 1 heteroatoms. The molecule has 1 nitrogen and oxygen atoms in total. The van der Waals surface area contributed by atoms with Crippen LogP contribution < -0.4 is 0 Å². The van der Waals surface area contributed by atoms with Gasteiger partial charge in [0.15, 0.2) is 0 Å². The SMILES string of the molecule is N#CCC#Cc1ccc2c3c(cccc13)CC2. The van der Waals surface area contributed by atoms with Gasteiger partial charge in [-0.2, -0.15) is 5.26 Å². The smallest absolute Gasteiger partial charge is 0.0966 e. The lowest BCUT2D eigenvalue weighted by molar-refractivity contribution is 1.02. The Morgan fingerprint density at radius 2 is 1.88 bits per heavy atom. The van der Waals surface area contributed by atoms with Crippen LogP contribution in [0.1, 0.15) is 23.1 Å². The third kappa shape index (κ3) is 1.57. The lowest BCUT2D eigenvalue weighted by Crippen LogP contribution is -1.83. The van der Waals surface area contributed by atoms with E-state index in [1.165, 1.54) is 21.9 Å². The van der Waals surface area contributed by atoms with Crippen molar-refractivity contribution < 1.29 is 0 Å². The van der Waals surface area contributed by atoms with Gasteiger partial charge >= 0.3 is 0 Å². The molecule has 0 bridgehead atoms. The summed E-state index contributed by atoms with van der Waals surface area (Å²) in [5, 5.41) is 11.1. The maximum Gasteiger partial charge on any atom is 0.0966 e. The van der Waals surface area contributed by atoms with Crippen molar-refractivity contribution in [2.45, 2.75) is 19.3 Å². The van der Waals surface area contributed by atoms with Gasteiger partial charge in [-0.15, -0.1) is 0 Å². The van der Waals surface area contributed by atoms with Crippen molar-refractivity contribution in [1.29, 1.82) is 5.26 Å². The molecule has 0 fully saturated rings. The fourth-order valence-electron chi connectivity index (χ4n) is 2.53. The number of nitriles is 1. The van der Waals surface area contributed by atoms with Crippen molar-refractivity contribution in [3.05, 3.63) is 47.0 Å². The van der Waals surface area contributed by atoms with Crippen molar-refractivity contribution in [1.82, 2.24) is 0 Å². The summed E-state index contributed by atoms with van der Waals surface area (Å²) in [5.41, 5.74) is 3.91. The highest BCUT2D eigenvalue weighted by atomic mass is 14.2. The number of rotatable bonds is 0. The van der Waals surface area contributed by atoms with Crippen molar-refractivity contribution in [3.8, 4) is 17.9 Å². The summed E-state index contributed by atoms with van der Waals surface area (Å²) in [6.45, 7) is 0. The Bertz CT molecular complexity index is 683. The molecule has 0 unspecified atom stereocenters. The summed E-state index contributed by atoms with van der Waals surface area (Å²) in [6, 6.07) is 12.7. The Labute approximate surface area is 101 Å². The second kappa shape index (κ2) is 3.96. The van der Waals surface area contributed by atoms with Crippen LogP contribution in [0.15, 0.2) is 30.3 Å². The van der Waals surface area contributed by atoms with E-state index in [4.69, 9.17) is 5.26 Å². The van der Waals surface area contributed by atoms with Crippen molar-refractivity contribution >= 4 is 10.8 Å². The summed E-state index contributed by atoms with van der Waals surface area (Å²) >= 11 is 0. The fourth-order valence-corrected chi connectivity index (χ4v) is 2.53. The summed E-state index contributed by atoms with van der Waals surface area (Å²) in [4.78, 5) is 0. The minimum atomic E-state index is 0.295. The van der Waals surface area contributed by atoms with Gasteiger partial charge in [0.25, 0.3) is 0 Å². The molecule has 0 saturated heterocycles. The predicted molar refractivity (Wildman–Crippen MR) is 68.5 cm³/mol. The molecule has 2 aromatic carbocycles. The fraction of sp³-hybridized carbons (Fsp3) is 0.188. The van der Waals surface area contributed by atoms with Crippen molar-refractivity contribution in [2.24, 2.45) is 0 Å². The second-order valence-corrected chi connectivity index (χ2v) is 4.25. The second-order valence-electron chi connectivity index (χ2n) is 4.25. The third-order valence-corrected chi connectivity index (χ3v) is 3.27. The van der Waals surface area contributed by atoms with E-state index >= 15 is 0 Å². The summed E-state index contributed by atoms with van der Waals surface area (Å²) in [6.07, 6.45) is 2.58. The molecule has 3 rings (SSSR count).